The van der Waals surface area contributed by atoms with E-state index >= 15 is 0 Å². The van der Waals surface area contributed by atoms with E-state index in [4.69, 9.17) is 0 Å². The summed E-state index contributed by atoms with van der Waals surface area (Å²) in [6, 6.07) is 1.41. The molecule has 2 aromatic heterocycles. The fraction of sp³-hybridized carbons (Fsp3) is 0.333. The quantitative estimate of drug-likeness (QED) is 0.828. The maximum atomic E-state index is 13.6. The number of hydrogen-bond acceptors (Lipinski definition) is 6. The Bertz CT molecular complexity index is 598. The van der Waals surface area contributed by atoms with Crippen LogP contribution >= 0.6 is 11.7 Å². The van der Waals surface area contributed by atoms with Gasteiger partial charge in [0.05, 0.1) is 29.7 Å². The Morgan fingerprint density at radius 3 is 2.70 bits per heavy atom. The molecule has 2 aromatic rings. The highest BCUT2D eigenvalue weighted by Gasteiger charge is 2.24. The van der Waals surface area contributed by atoms with E-state index < -0.39 is 5.82 Å². The molecule has 3 rings (SSSR count). The number of rotatable bonds is 2. The van der Waals surface area contributed by atoms with Gasteiger partial charge in [0.15, 0.2) is 11.6 Å². The number of hydrogen-bond donors (Lipinski definition) is 0. The molecule has 0 saturated carbocycles. The number of nitrogens with zero attached hydrogens (tertiary/aromatic N) is 5. The van der Waals surface area contributed by atoms with Crippen LogP contribution in [0.25, 0.3) is 0 Å². The number of amides is 1. The third-order valence-corrected chi connectivity index (χ3v) is 3.71. The Morgan fingerprint density at radius 1 is 1.25 bits per heavy atom. The number of carbonyl (C=O) groups excluding carboxylic acids is 1. The summed E-state index contributed by atoms with van der Waals surface area (Å²) in [5.41, 5.74) is 0.0729. The highest BCUT2D eigenvalue weighted by atomic mass is 32.1. The van der Waals surface area contributed by atoms with Crippen molar-refractivity contribution in [3.8, 4) is 0 Å². The van der Waals surface area contributed by atoms with Gasteiger partial charge in [-0.1, -0.05) is 0 Å². The van der Waals surface area contributed by atoms with Crippen molar-refractivity contribution in [2.45, 2.75) is 0 Å². The van der Waals surface area contributed by atoms with Crippen LogP contribution in [0.1, 0.15) is 10.4 Å². The molecule has 0 bridgehead atoms. The number of piperazine rings is 1. The Hall–Kier alpha value is -2.09. The molecule has 1 amide bonds. The Kier molecular flexibility index (Phi) is 3.55. The summed E-state index contributed by atoms with van der Waals surface area (Å²) in [6.45, 7) is 2.42. The lowest BCUT2D eigenvalue weighted by Gasteiger charge is -2.34. The molecule has 1 aliphatic rings. The summed E-state index contributed by atoms with van der Waals surface area (Å²) in [7, 11) is 0. The van der Waals surface area contributed by atoms with Gasteiger partial charge in [-0.3, -0.25) is 9.78 Å². The molecule has 20 heavy (non-hydrogen) atoms. The van der Waals surface area contributed by atoms with Gasteiger partial charge in [-0.15, -0.1) is 0 Å². The summed E-state index contributed by atoms with van der Waals surface area (Å²) in [6.07, 6.45) is 4.20. The zero-order valence-corrected chi connectivity index (χ0v) is 11.4. The molecule has 0 radical (unpaired) electrons. The molecule has 3 heterocycles. The van der Waals surface area contributed by atoms with Crippen LogP contribution in [0.15, 0.2) is 24.7 Å². The van der Waals surface area contributed by atoms with Crippen LogP contribution in [0, 0.1) is 5.82 Å². The minimum Gasteiger partial charge on any atom is -0.351 e. The molecule has 0 atom stereocenters. The molecular formula is C12H12FN5OS. The maximum absolute atomic E-state index is 13.6. The van der Waals surface area contributed by atoms with Gasteiger partial charge in [-0.25, -0.2) is 4.39 Å². The van der Waals surface area contributed by atoms with Gasteiger partial charge >= 0.3 is 0 Å². The van der Waals surface area contributed by atoms with E-state index in [1.807, 2.05) is 0 Å². The van der Waals surface area contributed by atoms with Crippen LogP contribution in [0.5, 0.6) is 0 Å². The molecule has 0 unspecified atom stereocenters. The fourth-order valence-electron chi connectivity index (χ4n) is 2.16. The first-order chi connectivity index (χ1) is 9.75. The Balaban J connectivity index is 1.66. The zero-order chi connectivity index (χ0) is 13.9. The molecule has 0 spiro atoms. The average molecular weight is 293 g/mol. The molecule has 104 valence electrons. The molecule has 0 aromatic carbocycles. The molecular weight excluding hydrogens is 281 g/mol. The van der Waals surface area contributed by atoms with E-state index in [1.165, 1.54) is 12.3 Å². The highest BCUT2D eigenvalue weighted by molar-refractivity contribution is 6.99. The second kappa shape index (κ2) is 5.49. The van der Waals surface area contributed by atoms with E-state index in [2.05, 4.69) is 18.6 Å². The molecule has 0 N–H and O–H groups in total. The van der Waals surface area contributed by atoms with Crippen molar-refractivity contribution in [1.82, 2.24) is 18.6 Å². The molecule has 1 saturated heterocycles. The van der Waals surface area contributed by atoms with Crippen LogP contribution in [0.4, 0.5) is 10.2 Å². The minimum atomic E-state index is -0.580. The second-order valence-electron chi connectivity index (χ2n) is 4.40. The number of anilines is 1. The van der Waals surface area contributed by atoms with Crippen LogP contribution in [0.3, 0.4) is 0 Å². The van der Waals surface area contributed by atoms with Gasteiger partial charge in [0, 0.05) is 32.4 Å². The lowest BCUT2D eigenvalue weighted by Crippen LogP contribution is -2.49. The van der Waals surface area contributed by atoms with Crippen LogP contribution in [-0.2, 0) is 0 Å². The van der Waals surface area contributed by atoms with Crippen LogP contribution in [0.2, 0.25) is 0 Å². The predicted molar refractivity (Wildman–Crippen MR) is 72.2 cm³/mol. The van der Waals surface area contributed by atoms with E-state index in [1.54, 1.807) is 11.1 Å². The van der Waals surface area contributed by atoms with Crippen molar-refractivity contribution >= 4 is 23.5 Å². The number of pyridine rings is 1. The van der Waals surface area contributed by atoms with Crippen LogP contribution in [-0.4, -0.2) is 50.7 Å². The smallest absolute Gasteiger partial charge is 0.257 e. The van der Waals surface area contributed by atoms with Gasteiger partial charge in [0.2, 0.25) is 0 Å². The number of halogens is 1. The number of carbonyl (C=O) groups is 1. The molecule has 1 fully saturated rings. The predicted octanol–water partition coefficient (Wildman–Crippen LogP) is 1.03. The summed E-state index contributed by atoms with van der Waals surface area (Å²) >= 11 is 1.16. The molecule has 6 nitrogen and oxygen atoms in total. The lowest BCUT2D eigenvalue weighted by molar-refractivity contribution is 0.0741. The van der Waals surface area contributed by atoms with Gasteiger partial charge in [0.25, 0.3) is 5.91 Å². The van der Waals surface area contributed by atoms with E-state index in [0.717, 1.165) is 23.7 Å². The third-order valence-electron chi connectivity index (χ3n) is 3.24. The second-order valence-corrected chi connectivity index (χ2v) is 4.96. The molecule has 0 aliphatic carbocycles. The van der Waals surface area contributed by atoms with E-state index in [-0.39, 0.29) is 11.5 Å². The highest BCUT2D eigenvalue weighted by Crippen LogP contribution is 2.16. The van der Waals surface area contributed by atoms with Gasteiger partial charge < -0.3 is 9.80 Å². The zero-order valence-electron chi connectivity index (χ0n) is 10.6. The monoisotopic (exact) mass is 293 g/mol. The standard InChI is InChI=1S/C12H12FN5OS/c13-10-7-14-2-1-9(10)12(19)18-5-3-17(4-6-18)11-8-15-20-16-11/h1-2,7-8H,3-6H2. The summed E-state index contributed by atoms with van der Waals surface area (Å²) in [4.78, 5) is 19.6. The number of aromatic nitrogens is 3. The maximum Gasteiger partial charge on any atom is 0.257 e. The van der Waals surface area contributed by atoms with Crippen molar-refractivity contribution in [2.75, 3.05) is 31.1 Å². The van der Waals surface area contributed by atoms with Crippen molar-refractivity contribution in [1.29, 1.82) is 0 Å². The lowest BCUT2D eigenvalue weighted by atomic mass is 10.2. The topological polar surface area (TPSA) is 62.2 Å². The summed E-state index contributed by atoms with van der Waals surface area (Å²) in [5.74, 6) is -0.0400. The van der Waals surface area contributed by atoms with Gasteiger partial charge in [-0.05, 0) is 6.07 Å². The molecule has 1 aliphatic heterocycles. The van der Waals surface area contributed by atoms with Crippen molar-refractivity contribution < 1.29 is 9.18 Å². The van der Waals surface area contributed by atoms with E-state index in [0.29, 0.717) is 26.2 Å². The first kappa shape index (κ1) is 12.9. The van der Waals surface area contributed by atoms with Crippen molar-refractivity contribution in [3.05, 3.63) is 36.0 Å². The Morgan fingerprint density at radius 2 is 2.05 bits per heavy atom. The fourth-order valence-corrected chi connectivity index (χ4v) is 2.59. The van der Waals surface area contributed by atoms with Crippen LogP contribution < -0.4 is 4.90 Å². The normalized spacial score (nSPS) is 15.4. The first-order valence-corrected chi connectivity index (χ1v) is 6.90. The average Bonchev–Trinajstić information content (AvgIpc) is 3.01. The largest absolute Gasteiger partial charge is 0.351 e. The molecule has 8 heteroatoms. The Labute approximate surface area is 119 Å². The third kappa shape index (κ3) is 2.46. The van der Waals surface area contributed by atoms with Crippen molar-refractivity contribution in [2.24, 2.45) is 0 Å². The summed E-state index contributed by atoms with van der Waals surface area (Å²) < 4.78 is 21.7. The van der Waals surface area contributed by atoms with Crippen molar-refractivity contribution in [3.63, 3.8) is 0 Å². The minimum absolute atomic E-state index is 0.0729. The SMILES string of the molecule is O=C(c1ccncc1F)N1CCN(c2cnsn2)CC1. The summed E-state index contributed by atoms with van der Waals surface area (Å²) in [5, 5.41) is 0. The van der Waals surface area contributed by atoms with Gasteiger partial charge in [0.1, 0.15) is 0 Å². The van der Waals surface area contributed by atoms with Gasteiger partial charge in [-0.2, -0.15) is 8.75 Å². The first-order valence-electron chi connectivity index (χ1n) is 6.17. The van der Waals surface area contributed by atoms with E-state index in [9.17, 15) is 9.18 Å².